The van der Waals surface area contributed by atoms with Gasteiger partial charge in [0.1, 0.15) is 6.54 Å². The molecule has 0 fully saturated rings. The Bertz CT molecular complexity index is 527. The molecule has 30 heavy (non-hydrogen) atoms. The molecule has 0 aliphatic heterocycles. The van der Waals surface area contributed by atoms with Crippen LogP contribution >= 0.6 is 0 Å². The normalized spacial score (nSPS) is 11.6. The lowest BCUT2D eigenvalue weighted by molar-refractivity contribution is -0.903. The molecule has 0 aromatic heterocycles. The highest BCUT2D eigenvalue weighted by Crippen LogP contribution is 2.13. The molecule has 0 saturated heterocycles. The summed E-state index contributed by atoms with van der Waals surface area (Å²) in [5, 5.41) is 3.11. The van der Waals surface area contributed by atoms with Crippen LogP contribution in [0.25, 0.3) is 0 Å². The van der Waals surface area contributed by atoms with Crippen LogP contribution in [-0.2, 0) is 11.3 Å². The van der Waals surface area contributed by atoms with E-state index in [2.05, 4.69) is 56.7 Å². The first-order chi connectivity index (χ1) is 14.5. The molecule has 3 nitrogen and oxygen atoms in total. The lowest BCUT2D eigenvalue weighted by Crippen LogP contribution is -2.41. The maximum Gasteiger partial charge on any atom is 0.219 e. The van der Waals surface area contributed by atoms with Crippen LogP contribution in [0.2, 0.25) is 0 Å². The van der Waals surface area contributed by atoms with Crippen molar-refractivity contribution in [2.45, 2.75) is 103 Å². The zero-order valence-corrected chi connectivity index (χ0v) is 20.3. The number of hydrogen-bond acceptors (Lipinski definition) is 1. The second-order valence-corrected chi connectivity index (χ2v) is 9.65. The minimum atomic E-state index is 0.232. The standard InChI is InChI=1S/C27H48N2O/c1-4-5-6-7-8-9-10-11-12-13-14-18-22-27(30)28-23-19-24-29(2,3)25-26-20-16-15-17-21-26/h15-17,20-21H,4-14,18-19,22-25H2,1-3H3/p+1. The molecule has 0 radical (unpaired) electrons. The van der Waals surface area contributed by atoms with Crippen LogP contribution in [-0.4, -0.2) is 37.6 Å². The van der Waals surface area contributed by atoms with E-state index < -0.39 is 0 Å². The smallest absolute Gasteiger partial charge is 0.219 e. The fourth-order valence-corrected chi connectivity index (χ4v) is 4.11. The van der Waals surface area contributed by atoms with Crippen molar-refractivity contribution in [1.82, 2.24) is 5.32 Å². The molecule has 0 heterocycles. The average molecular weight is 418 g/mol. The van der Waals surface area contributed by atoms with Crippen LogP contribution in [0.1, 0.15) is 102 Å². The lowest BCUT2D eigenvalue weighted by Gasteiger charge is -2.30. The van der Waals surface area contributed by atoms with E-state index in [1.54, 1.807) is 0 Å². The largest absolute Gasteiger partial charge is 0.356 e. The van der Waals surface area contributed by atoms with Crippen molar-refractivity contribution in [3.05, 3.63) is 35.9 Å². The number of unbranched alkanes of at least 4 members (excludes halogenated alkanes) is 11. The highest BCUT2D eigenvalue weighted by molar-refractivity contribution is 5.75. The van der Waals surface area contributed by atoms with E-state index in [0.717, 1.165) is 37.0 Å². The molecule has 1 amide bonds. The monoisotopic (exact) mass is 417 g/mol. The molecular formula is C27H49N2O+. The Labute approximate surface area is 187 Å². The van der Waals surface area contributed by atoms with E-state index in [-0.39, 0.29) is 5.91 Å². The molecule has 1 N–H and O–H groups in total. The van der Waals surface area contributed by atoms with Gasteiger partial charge in [-0.15, -0.1) is 0 Å². The molecule has 0 saturated carbocycles. The molecule has 0 aliphatic carbocycles. The molecule has 0 bridgehead atoms. The van der Waals surface area contributed by atoms with E-state index in [9.17, 15) is 4.79 Å². The zero-order valence-electron chi connectivity index (χ0n) is 20.3. The van der Waals surface area contributed by atoms with Gasteiger partial charge in [0.2, 0.25) is 5.91 Å². The van der Waals surface area contributed by atoms with Crippen molar-refractivity contribution in [2.24, 2.45) is 0 Å². The average Bonchev–Trinajstić information content (AvgIpc) is 2.72. The molecule has 1 aromatic rings. The number of quaternary nitrogens is 1. The van der Waals surface area contributed by atoms with E-state index >= 15 is 0 Å². The van der Waals surface area contributed by atoms with Gasteiger partial charge >= 0.3 is 0 Å². The molecule has 3 heteroatoms. The quantitative estimate of drug-likeness (QED) is 0.193. The Balaban J connectivity index is 1.90. The first-order valence-electron chi connectivity index (χ1n) is 12.7. The van der Waals surface area contributed by atoms with Crippen LogP contribution in [0, 0.1) is 0 Å². The summed E-state index contributed by atoms with van der Waals surface area (Å²) in [6, 6.07) is 10.7. The van der Waals surface area contributed by atoms with Gasteiger partial charge in [-0.05, 0) is 6.42 Å². The van der Waals surface area contributed by atoms with Gasteiger partial charge in [0.25, 0.3) is 0 Å². The summed E-state index contributed by atoms with van der Waals surface area (Å²) in [5.41, 5.74) is 1.37. The first-order valence-corrected chi connectivity index (χ1v) is 12.7. The van der Waals surface area contributed by atoms with Crippen molar-refractivity contribution < 1.29 is 9.28 Å². The lowest BCUT2D eigenvalue weighted by atomic mass is 10.0. The van der Waals surface area contributed by atoms with Crippen LogP contribution in [0.3, 0.4) is 0 Å². The summed E-state index contributed by atoms with van der Waals surface area (Å²) in [5.74, 6) is 0.232. The van der Waals surface area contributed by atoms with Gasteiger partial charge in [0, 0.05) is 24.9 Å². The van der Waals surface area contributed by atoms with Crippen molar-refractivity contribution >= 4 is 5.91 Å². The number of amides is 1. The third-order valence-electron chi connectivity index (χ3n) is 5.97. The minimum Gasteiger partial charge on any atom is -0.356 e. The summed E-state index contributed by atoms with van der Waals surface area (Å²) in [7, 11) is 4.53. The third kappa shape index (κ3) is 15.5. The molecule has 1 aromatic carbocycles. The third-order valence-corrected chi connectivity index (χ3v) is 5.97. The van der Waals surface area contributed by atoms with Crippen molar-refractivity contribution in [3.8, 4) is 0 Å². The van der Waals surface area contributed by atoms with Crippen LogP contribution in [0.5, 0.6) is 0 Å². The molecule has 0 atom stereocenters. The number of nitrogens with zero attached hydrogens (tertiary/aromatic N) is 1. The highest BCUT2D eigenvalue weighted by atomic mass is 16.1. The van der Waals surface area contributed by atoms with E-state index in [1.165, 1.54) is 76.2 Å². The van der Waals surface area contributed by atoms with Crippen LogP contribution in [0.15, 0.2) is 30.3 Å². The second kappa shape index (κ2) is 17.3. The number of hydrogen-bond donors (Lipinski definition) is 1. The van der Waals surface area contributed by atoms with Crippen molar-refractivity contribution in [2.75, 3.05) is 27.2 Å². The Morgan fingerprint density at radius 2 is 1.30 bits per heavy atom. The Hall–Kier alpha value is -1.35. The molecule has 1 rings (SSSR count). The maximum atomic E-state index is 12.0. The summed E-state index contributed by atoms with van der Waals surface area (Å²) in [6.45, 7) is 5.19. The van der Waals surface area contributed by atoms with Gasteiger partial charge in [0.15, 0.2) is 0 Å². The Kier molecular flexibility index (Phi) is 15.4. The van der Waals surface area contributed by atoms with E-state index in [1.807, 2.05) is 0 Å². The zero-order chi connectivity index (χ0) is 21.9. The fourth-order valence-electron chi connectivity index (χ4n) is 4.11. The Morgan fingerprint density at radius 3 is 1.87 bits per heavy atom. The highest BCUT2D eigenvalue weighted by Gasteiger charge is 2.15. The molecule has 172 valence electrons. The van der Waals surface area contributed by atoms with Crippen molar-refractivity contribution in [1.29, 1.82) is 0 Å². The molecular weight excluding hydrogens is 368 g/mol. The van der Waals surface area contributed by atoms with Gasteiger partial charge in [-0.2, -0.15) is 0 Å². The molecule has 0 spiro atoms. The molecule has 0 unspecified atom stereocenters. The van der Waals surface area contributed by atoms with Crippen LogP contribution in [0.4, 0.5) is 0 Å². The Morgan fingerprint density at radius 1 is 0.767 bits per heavy atom. The number of rotatable bonds is 19. The van der Waals surface area contributed by atoms with Gasteiger partial charge in [-0.25, -0.2) is 0 Å². The number of carbonyl (C=O) groups is 1. The summed E-state index contributed by atoms with van der Waals surface area (Å²) in [4.78, 5) is 12.0. The number of nitrogens with one attached hydrogen (secondary N) is 1. The van der Waals surface area contributed by atoms with Gasteiger partial charge < -0.3 is 9.80 Å². The first kappa shape index (κ1) is 26.7. The predicted molar refractivity (Wildman–Crippen MR) is 130 cm³/mol. The number of benzene rings is 1. The second-order valence-electron chi connectivity index (χ2n) is 9.65. The fraction of sp³-hybridized carbons (Fsp3) is 0.741. The SMILES string of the molecule is CCCCCCCCCCCCCCC(=O)NCCC[N+](C)(C)Cc1ccccc1. The summed E-state index contributed by atoms with van der Waals surface area (Å²) in [6.07, 6.45) is 17.8. The van der Waals surface area contributed by atoms with Gasteiger partial charge in [0.05, 0.1) is 20.6 Å². The van der Waals surface area contributed by atoms with E-state index in [4.69, 9.17) is 0 Å². The molecule has 0 aliphatic rings. The maximum absolute atomic E-state index is 12.0. The van der Waals surface area contributed by atoms with Gasteiger partial charge in [-0.1, -0.05) is 108 Å². The van der Waals surface area contributed by atoms with Crippen molar-refractivity contribution in [3.63, 3.8) is 0 Å². The van der Waals surface area contributed by atoms with Gasteiger partial charge in [-0.3, -0.25) is 4.79 Å². The minimum absolute atomic E-state index is 0.232. The van der Waals surface area contributed by atoms with Crippen LogP contribution < -0.4 is 5.32 Å². The number of carbonyl (C=O) groups excluding carboxylic acids is 1. The van der Waals surface area contributed by atoms with E-state index in [0.29, 0.717) is 6.42 Å². The summed E-state index contributed by atoms with van der Waals surface area (Å²) >= 11 is 0. The predicted octanol–water partition coefficient (Wildman–Crippen LogP) is 6.86. The topological polar surface area (TPSA) is 29.1 Å². The summed E-state index contributed by atoms with van der Waals surface area (Å²) < 4.78 is 0.957.